The summed E-state index contributed by atoms with van der Waals surface area (Å²) in [7, 11) is -2.51. The first kappa shape index (κ1) is 21.9. The number of aryl methyl sites for hydroxylation is 1. The summed E-state index contributed by atoms with van der Waals surface area (Å²) in [5, 5.41) is 2.75. The van der Waals surface area contributed by atoms with E-state index in [1.165, 1.54) is 14.0 Å². The zero-order valence-electron chi connectivity index (χ0n) is 16.9. The van der Waals surface area contributed by atoms with E-state index < -0.39 is 22.0 Å². The first-order valence-electron chi connectivity index (χ1n) is 9.17. The lowest BCUT2D eigenvalue weighted by Crippen LogP contribution is -2.44. The van der Waals surface area contributed by atoms with Gasteiger partial charge in [-0.3, -0.25) is 4.79 Å². The Hall–Kier alpha value is -2.38. The van der Waals surface area contributed by atoms with Crippen LogP contribution < -0.4 is 14.8 Å². The Morgan fingerprint density at radius 1 is 1.07 bits per heavy atom. The summed E-state index contributed by atoms with van der Waals surface area (Å²) in [6.45, 7) is 7.79. The molecule has 1 unspecified atom stereocenters. The van der Waals surface area contributed by atoms with E-state index in [2.05, 4.69) is 10.0 Å². The third-order valence-corrected chi connectivity index (χ3v) is 6.02. The van der Waals surface area contributed by atoms with E-state index in [-0.39, 0.29) is 16.6 Å². The first-order valence-corrected chi connectivity index (χ1v) is 10.7. The Balaban J connectivity index is 2.11. The van der Waals surface area contributed by atoms with Crippen LogP contribution in [0.3, 0.4) is 0 Å². The first-order chi connectivity index (χ1) is 13.1. The van der Waals surface area contributed by atoms with Crippen LogP contribution in [0.25, 0.3) is 0 Å². The highest BCUT2D eigenvalue weighted by Gasteiger charge is 2.25. The average molecular weight is 405 g/mol. The van der Waals surface area contributed by atoms with Gasteiger partial charge in [-0.15, -0.1) is 0 Å². The monoisotopic (exact) mass is 404 g/mol. The molecule has 1 atom stereocenters. The van der Waals surface area contributed by atoms with Gasteiger partial charge >= 0.3 is 0 Å². The summed E-state index contributed by atoms with van der Waals surface area (Å²) >= 11 is 0. The summed E-state index contributed by atoms with van der Waals surface area (Å²) in [6.07, 6.45) is 0. The number of nitrogens with one attached hydrogen (secondary N) is 2. The van der Waals surface area contributed by atoms with Gasteiger partial charge in [0, 0.05) is 6.54 Å². The van der Waals surface area contributed by atoms with Gasteiger partial charge in [-0.2, -0.15) is 4.72 Å². The fourth-order valence-corrected chi connectivity index (χ4v) is 4.07. The zero-order valence-corrected chi connectivity index (χ0v) is 17.8. The van der Waals surface area contributed by atoms with Gasteiger partial charge in [-0.05, 0) is 43.0 Å². The number of hydrogen-bond donors (Lipinski definition) is 2. The molecule has 6 nitrogen and oxygen atoms in total. The Kier molecular flexibility index (Phi) is 7.21. The average Bonchev–Trinajstić information content (AvgIpc) is 2.66. The predicted octanol–water partition coefficient (Wildman–Crippen LogP) is 3.11. The van der Waals surface area contributed by atoms with Gasteiger partial charge in [-0.25, -0.2) is 8.42 Å². The highest BCUT2D eigenvalue weighted by molar-refractivity contribution is 7.89. The van der Waals surface area contributed by atoms with E-state index in [1.807, 2.05) is 51.1 Å². The van der Waals surface area contributed by atoms with Crippen molar-refractivity contribution in [2.24, 2.45) is 0 Å². The lowest BCUT2D eigenvalue weighted by Gasteiger charge is -2.17. The van der Waals surface area contributed by atoms with E-state index in [0.717, 1.165) is 16.7 Å². The third kappa shape index (κ3) is 5.56. The van der Waals surface area contributed by atoms with Crippen molar-refractivity contribution in [1.82, 2.24) is 10.0 Å². The maximum atomic E-state index is 12.8. The van der Waals surface area contributed by atoms with E-state index in [1.54, 1.807) is 12.1 Å². The highest BCUT2D eigenvalue weighted by Crippen LogP contribution is 2.28. The minimum absolute atomic E-state index is 0.0272. The van der Waals surface area contributed by atoms with Gasteiger partial charge in [0.05, 0.1) is 13.2 Å². The van der Waals surface area contributed by atoms with Crippen molar-refractivity contribution < 1.29 is 17.9 Å². The predicted molar refractivity (Wildman–Crippen MR) is 110 cm³/mol. The van der Waals surface area contributed by atoms with Crippen molar-refractivity contribution >= 4 is 15.9 Å². The van der Waals surface area contributed by atoms with Crippen LogP contribution in [0, 0.1) is 6.92 Å². The van der Waals surface area contributed by atoms with Crippen LogP contribution in [0.5, 0.6) is 5.75 Å². The van der Waals surface area contributed by atoms with Crippen LogP contribution in [-0.4, -0.2) is 27.5 Å². The van der Waals surface area contributed by atoms with Crippen molar-refractivity contribution in [2.75, 3.05) is 7.11 Å². The van der Waals surface area contributed by atoms with Gasteiger partial charge in [0.25, 0.3) is 0 Å². The van der Waals surface area contributed by atoms with Crippen LogP contribution in [0.1, 0.15) is 43.4 Å². The van der Waals surface area contributed by atoms with E-state index in [0.29, 0.717) is 6.54 Å². The number of sulfonamides is 1. The quantitative estimate of drug-likeness (QED) is 0.708. The summed E-state index contributed by atoms with van der Waals surface area (Å²) < 4.78 is 33.3. The topological polar surface area (TPSA) is 84.5 Å². The molecule has 0 saturated heterocycles. The van der Waals surface area contributed by atoms with Crippen molar-refractivity contribution in [3.05, 3.63) is 59.2 Å². The molecule has 0 spiro atoms. The molecule has 0 fully saturated rings. The second-order valence-corrected chi connectivity index (χ2v) is 8.79. The molecule has 28 heavy (non-hydrogen) atoms. The lowest BCUT2D eigenvalue weighted by atomic mass is 10.0. The highest BCUT2D eigenvalue weighted by atomic mass is 32.2. The largest absolute Gasteiger partial charge is 0.495 e. The van der Waals surface area contributed by atoms with Crippen LogP contribution in [0.4, 0.5) is 0 Å². The fourth-order valence-electron chi connectivity index (χ4n) is 2.66. The molecule has 2 N–H and O–H groups in total. The number of ether oxygens (including phenoxy) is 1. The molecule has 2 aromatic rings. The van der Waals surface area contributed by atoms with Gasteiger partial charge in [0.1, 0.15) is 10.6 Å². The molecule has 0 aliphatic heterocycles. The molecule has 7 heteroatoms. The van der Waals surface area contributed by atoms with Crippen LogP contribution in [0.2, 0.25) is 0 Å². The normalized spacial score (nSPS) is 12.6. The Morgan fingerprint density at radius 2 is 1.71 bits per heavy atom. The second kappa shape index (κ2) is 9.21. The zero-order chi connectivity index (χ0) is 20.9. The molecule has 0 saturated carbocycles. The molecule has 0 aliphatic rings. The minimum atomic E-state index is -3.93. The van der Waals surface area contributed by atoms with Crippen molar-refractivity contribution in [3.63, 3.8) is 0 Å². The smallest absolute Gasteiger partial charge is 0.244 e. The van der Waals surface area contributed by atoms with Gasteiger partial charge < -0.3 is 10.1 Å². The van der Waals surface area contributed by atoms with Gasteiger partial charge in [0.15, 0.2) is 0 Å². The second-order valence-electron chi connectivity index (χ2n) is 7.11. The maximum absolute atomic E-state index is 12.8. The molecule has 0 heterocycles. The van der Waals surface area contributed by atoms with E-state index in [9.17, 15) is 13.2 Å². The molecule has 0 aliphatic carbocycles. The standard InChI is InChI=1S/C21H28N2O4S/c1-14(2)18-10-11-19(27-5)20(12-18)28(25,26)23-16(4)21(24)22-13-17-8-6-15(3)7-9-17/h6-12,14,16,23H,13H2,1-5H3,(H,22,24). The summed E-state index contributed by atoms with van der Waals surface area (Å²) in [6, 6.07) is 11.9. The van der Waals surface area contributed by atoms with Crippen LogP contribution >= 0.6 is 0 Å². The van der Waals surface area contributed by atoms with Crippen molar-refractivity contribution in [3.8, 4) is 5.75 Å². The van der Waals surface area contributed by atoms with Crippen molar-refractivity contribution in [1.29, 1.82) is 0 Å². The number of carbonyl (C=O) groups is 1. The summed E-state index contributed by atoms with van der Waals surface area (Å²) in [4.78, 5) is 12.4. The Morgan fingerprint density at radius 3 is 2.29 bits per heavy atom. The number of rotatable bonds is 8. The molecule has 0 radical (unpaired) electrons. The van der Waals surface area contributed by atoms with E-state index >= 15 is 0 Å². The van der Waals surface area contributed by atoms with Gasteiger partial charge in [-0.1, -0.05) is 49.7 Å². The molecule has 1 amide bonds. The number of methoxy groups -OCH3 is 1. The van der Waals surface area contributed by atoms with Crippen molar-refractivity contribution in [2.45, 2.75) is 51.1 Å². The third-order valence-electron chi connectivity index (χ3n) is 4.46. The molecule has 2 aromatic carbocycles. The Labute approximate surface area is 167 Å². The minimum Gasteiger partial charge on any atom is -0.495 e. The number of carbonyl (C=O) groups excluding carboxylic acids is 1. The van der Waals surface area contributed by atoms with E-state index in [4.69, 9.17) is 4.74 Å². The Bertz CT molecular complexity index is 922. The summed E-state index contributed by atoms with van der Waals surface area (Å²) in [5.41, 5.74) is 2.95. The lowest BCUT2D eigenvalue weighted by molar-refractivity contribution is -0.122. The van der Waals surface area contributed by atoms with Crippen LogP contribution in [0.15, 0.2) is 47.4 Å². The summed E-state index contributed by atoms with van der Waals surface area (Å²) in [5.74, 6) is 0.00221. The molecule has 152 valence electrons. The molecule has 0 aromatic heterocycles. The molecule has 2 rings (SSSR count). The number of hydrogen-bond acceptors (Lipinski definition) is 4. The number of amides is 1. The molecular formula is C21H28N2O4S. The SMILES string of the molecule is COc1ccc(C(C)C)cc1S(=O)(=O)NC(C)C(=O)NCc1ccc(C)cc1. The van der Waals surface area contributed by atoms with Crippen LogP contribution in [-0.2, 0) is 21.4 Å². The fraction of sp³-hybridized carbons (Fsp3) is 0.381. The molecular weight excluding hydrogens is 376 g/mol. The molecule has 0 bridgehead atoms. The maximum Gasteiger partial charge on any atom is 0.244 e. The number of benzene rings is 2. The van der Waals surface area contributed by atoms with Gasteiger partial charge in [0.2, 0.25) is 15.9 Å².